The summed E-state index contributed by atoms with van der Waals surface area (Å²) in [6.07, 6.45) is 0.354. The number of amidine groups is 1. The van der Waals surface area contributed by atoms with Gasteiger partial charge in [0.25, 0.3) is 0 Å². The molecule has 0 spiro atoms. The lowest BCUT2D eigenvalue weighted by Gasteiger charge is -2.28. The average Bonchev–Trinajstić information content (AvgIpc) is 2.39. The molecule has 0 radical (unpaired) electrons. The Balaban J connectivity index is 3.28. The first-order valence-electron chi connectivity index (χ1n) is 6.25. The Hall–Kier alpha value is -1.60. The summed E-state index contributed by atoms with van der Waals surface area (Å²) in [5.74, 6) is -0.172. The molecule has 0 amide bonds. The summed E-state index contributed by atoms with van der Waals surface area (Å²) in [7, 11) is -3.76. The maximum absolute atomic E-state index is 12.5. The van der Waals surface area contributed by atoms with Crippen LogP contribution in [0.2, 0.25) is 0 Å². The van der Waals surface area contributed by atoms with Gasteiger partial charge in [0.15, 0.2) is 5.84 Å². The standard InChI is InChI=1S/C13H21N3O3S/c1-5-13(4,12(14)15-17)16-20(18,19)11-8-9(2)6-7-10(11)3/h6-8,16-17H,5H2,1-4H3,(H2,14,15). The second kappa shape index (κ2) is 5.80. The van der Waals surface area contributed by atoms with Gasteiger partial charge in [0.2, 0.25) is 10.0 Å². The summed E-state index contributed by atoms with van der Waals surface area (Å²) in [5.41, 5.74) is 5.94. The number of rotatable bonds is 5. The molecule has 1 rings (SSSR count). The molecule has 0 heterocycles. The van der Waals surface area contributed by atoms with Gasteiger partial charge < -0.3 is 10.9 Å². The summed E-state index contributed by atoms with van der Waals surface area (Å²) in [4.78, 5) is 0.197. The molecule has 1 aromatic rings. The van der Waals surface area contributed by atoms with Gasteiger partial charge in [0.1, 0.15) is 0 Å². The van der Waals surface area contributed by atoms with E-state index in [0.29, 0.717) is 12.0 Å². The van der Waals surface area contributed by atoms with Crippen molar-refractivity contribution in [2.75, 3.05) is 0 Å². The predicted octanol–water partition coefficient (Wildman–Crippen LogP) is 1.50. The van der Waals surface area contributed by atoms with Crippen LogP contribution in [0.15, 0.2) is 28.3 Å². The van der Waals surface area contributed by atoms with Gasteiger partial charge in [-0.1, -0.05) is 24.2 Å². The predicted molar refractivity (Wildman–Crippen MR) is 78.3 cm³/mol. The Labute approximate surface area is 119 Å². The van der Waals surface area contributed by atoms with Crippen LogP contribution in [0, 0.1) is 13.8 Å². The molecule has 112 valence electrons. The Kier molecular flexibility index (Phi) is 4.77. The molecule has 7 heteroatoms. The molecule has 1 atom stereocenters. The number of nitrogens with zero attached hydrogens (tertiary/aromatic N) is 1. The van der Waals surface area contributed by atoms with Gasteiger partial charge in [-0.2, -0.15) is 4.72 Å². The zero-order valence-electron chi connectivity index (χ0n) is 12.1. The van der Waals surface area contributed by atoms with Gasteiger partial charge in [-0.05, 0) is 44.4 Å². The molecule has 0 aliphatic carbocycles. The lowest BCUT2D eigenvalue weighted by Crippen LogP contribution is -2.54. The molecule has 4 N–H and O–H groups in total. The van der Waals surface area contributed by atoms with E-state index in [-0.39, 0.29) is 10.7 Å². The first kappa shape index (κ1) is 16.5. The van der Waals surface area contributed by atoms with E-state index >= 15 is 0 Å². The number of nitrogens with two attached hydrogens (primary N) is 1. The zero-order valence-corrected chi connectivity index (χ0v) is 13.0. The molecular weight excluding hydrogens is 278 g/mol. The van der Waals surface area contributed by atoms with Crippen LogP contribution in [0.3, 0.4) is 0 Å². The highest BCUT2D eigenvalue weighted by molar-refractivity contribution is 7.89. The molecule has 20 heavy (non-hydrogen) atoms. The summed E-state index contributed by atoms with van der Waals surface area (Å²) >= 11 is 0. The van der Waals surface area contributed by atoms with Gasteiger partial charge in [0, 0.05) is 0 Å². The highest BCUT2D eigenvalue weighted by atomic mass is 32.2. The molecule has 1 unspecified atom stereocenters. The normalized spacial score (nSPS) is 15.9. The summed E-state index contributed by atoms with van der Waals surface area (Å²) in [6, 6.07) is 5.19. The van der Waals surface area contributed by atoms with Gasteiger partial charge >= 0.3 is 0 Å². The molecule has 6 nitrogen and oxygen atoms in total. The highest BCUT2D eigenvalue weighted by Gasteiger charge is 2.34. The number of benzene rings is 1. The van der Waals surface area contributed by atoms with Crippen molar-refractivity contribution in [1.82, 2.24) is 4.72 Å². The van der Waals surface area contributed by atoms with Crippen molar-refractivity contribution in [3.8, 4) is 0 Å². The molecule has 0 aromatic heterocycles. The lowest BCUT2D eigenvalue weighted by molar-refractivity contribution is 0.310. The first-order chi connectivity index (χ1) is 9.16. The van der Waals surface area contributed by atoms with Crippen LogP contribution < -0.4 is 10.5 Å². The Morgan fingerprint density at radius 1 is 1.45 bits per heavy atom. The van der Waals surface area contributed by atoms with E-state index in [1.807, 2.05) is 13.0 Å². The smallest absolute Gasteiger partial charge is 0.241 e. The monoisotopic (exact) mass is 299 g/mol. The van der Waals surface area contributed by atoms with E-state index < -0.39 is 15.6 Å². The second-order valence-corrected chi connectivity index (χ2v) is 6.70. The van der Waals surface area contributed by atoms with E-state index in [9.17, 15) is 8.42 Å². The van der Waals surface area contributed by atoms with Crippen molar-refractivity contribution in [3.63, 3.8) is 0 Å². The second-order valence-electron chi connectivity index (χ2n) is 5.05. The quantitative estimate of drug-likeness (QED) is 0.331. The average molecular weight is 299 g/mol. The van der Waals surface area contributed by atoms with Crippen molar-refractivity contribution in [2.24, 2.45) is 10.9 Å². The molecule has 0 aliphatic heterocycles. The highest BCUT2D eigenvalue weighted by Crippen LogP contribution is 2.20. The van der Waals surface area contributed by atoms with Crippen LogP contribution in [-0.2, 0) is 10.0 Å². The number of sulfonamides is 1. The van der Waals surface area contributed by atoms with Crippen molar-refractivity contribution < 1.29 is 13.6 Å². The lowest BCUT2D eigenvalue weighted by atomic mass is 10.00. The molecule has 0 saturated carbocycles. The minimum atomic E-state index is -3.76. The van der Waals surface area contributed by atoms with E-state index in [4.69, 9.17) is 10.9 Å². The number of hydrogen-bond donors (Lipinski definition) is 3. The van der Waals surface area contributed by atoms with Crippen LogP contribution in [-0.4, -0.2) is 25.0 Å². The van der Waals surface area contributed by atoms with Crippen molar-refractivity contribution in [3.05, 3.63) is 29.3 Å². The molecule has 0 aliphatic rings. The van der Waals surface area contributed by atoms with Crippen LogP contribution in [0.4, 0.5) is 0 Å². The van der Waals surface area contributed by atoms with Crippen molar-refractivity contribution in [2.45, 2.75) is 44.6 Å². The first-order valence-corrected chi connectivity index (χ1v) is 7.74. The van der Waals surface area contributed by atoms with E-state index in [1.54, 1.807) is 32.9 Å². The Bertz CT molecular complexity index is 626. The molecule has 1 aromatic carbocycles. The number of hydrogen-bond acceptors (Lipinski definition) is 4. The minimum Gasteiger partial charge on any atom is -0.409 e. The van der Waals surface area contributed by atoms with E-state index in [1.165, 1.54) is 0 Å². The zero-order chi connectivity index (χ0) is 15.6. The van der Waals surface area contributed by atoms with Crippen molar-refractivity contribution in [1.29, 1.82) is 0 Å². The maximum Gasteiger partial charge on any atom is 0.241 e. The van der Waals surface area contributed by atoms with Gasteiger partial charge in [0.05, 0.1) is 10.4 Å². The fraction of sp³-hybridized carbons (Fsp3) is 0.462. The molecule has 0 bridgehead atoms. The molecule has 0 saturated heterocycles. The summed E-state index contributed by atoms with van der Waals surface area (Å²) < 4.78 is 27.5. The fourth-order valence-electron chi connectivity index (χ4n) is 1.76. The third kappa shape index (κ3) is 3.29. The van der Waals surface area contributed by atoms with Gasteiger partial charge in [-0.25, -0.2) is 8.42 Å². The topological polar surface area (TPSA) is 105 Å². The van der Waals surface area contributed by atoms with E-state index in [0.717, 1.165) is 5.56 Å². The van der Waals surface area contributed by atoms with Crippen LogP contribution in [0.5, 0.6) is 0 Å². The number of oxime groups is 1. The molecular formula is C13H21N3O3S. The number of nitrogens with one attached hydrogen (secondary N) is 1. The fourth-order valence-corrected chi connectivity index (χ4v) is 3.55. The third-order valence-electron chi connectivity index (χ3n) is 3.37. The van der Waals surface area contributed by atoms with Crippen LogP contribution >= 0.6 is 0 Å². The third-order valence-corrected chi connectivity index (χ3v) is 5.11. The Morgan fingerprint density at radius 2 is 2.05 bits per heavy atom. The summed E-state index contributed by atoms with van der Waals surface area (Å²) in [5, 5.41) is 11.7. The maximum atomic E-state index is 12.5. The van der Waals surface area contributed by atoms with Crippen LogP contribution in [0.1, 0.15) is 31.4 Å². The van der Waals surface area contributed by atoms with Gasteiger partial charge in [-0.3, -0.25) is 0 Å². The SMILES string of the molecule is CCC(C)(NS(=O)(=O)c1cc(C)ccc1C)/C(N)=N/O. The van der Waals surface area contributed by atoms with Crippen molar-refractivity contribution >= 4 is 15.9 Å². The number of aryl methyl sites for hydroxylation is 2. The largest absolute Gasteiger partial charge is 0.409 e. The Morgan fingerprint density at radius 3 is 2.55 bits per heavy atom. The van der Waals surface area contributed by atoms with Gasteiger partial charge in [-0.15, -0.1) is 0 Å². The molecule has 0 fully saturated rings. The summed E-state index contributed by atoms with van der Waals surface area (Å²) in [6.45, 7) is 6.87. The minimum absolute atomic E-state index is 0.172. The van der Waals surface area contributed by atoms with E-state index in [2.05, 4.69) is 9.88 Å². The van der Waals surface area contributed by atoms with Crippen LogP contribution in [0.25, 0.3) is 0 Å².